The van der Waals surface area contributed by atoms with Crippen LogP contribution in [0.15, 0.2) is 21.9 Å². The van der Waals surface area contributed by atoms with E-state index in [-0.39, 0.29) is 18.9 Å². The van der Waals surface area contributed by atoms with Crippen molar-refractivity contribution in [1.29, 1.82) is 0 Å². The third-order valence-corrected chi connectivity index (χ3v) is 3.65. The van der Waals surface area contributed by atoms with Gasteiger partial charge in [0.25, 0.3) is 5.91 Å². The fraction of sp³-hybridized carbons (Fsp3) is 0.357. The third-order valence-electron chi connectivity index (χ3n) is 2.79. The molecule has 0 N–H and O–H groups in total. The van der Waals surface area contributed by atoms with Crippen LogP contribution in [0.25, 0.3) is 10.8 Å². The molecule has 0 spiro atoms. The number of thiophene rings is 1. The van der Waals surface area contributed by atoms with Crippen LogP contribution in [-0.4, -0.2) is 42.5 Å². The van der Waals surface area contributed by atoms with Gasteiger partial charge in [-0.25, -0.2) is 4.98 Å². The molecule has 21 heavy (non-hydrogen) atoms. The highest BCUT2D eigenvalue weighted by molar-refractivity contribution is 7.13. The Morgan fingerprint density at radius 1 is 1.43 bits per heavy atom. The van der Waals surface area contributed by atoms with E-state index in [9.17, 15) is 9.59 Å². The highest BCUT2D eigenvalue weighted by Crippen LogP contribution is 2.26. The summed E-state index contributed by atoms with van der Waals surface area (Å²) >= 11 is 1.51. The Hall–Kier alpha value is -2.15. The Bertz CT molecular complexity index is 631. The van der Waals surface area contributed by atoms with Crippen LogP contribution in [0.5, 0.6) is 0 Å². The minimum Gasteiger partial charge on any atom is -0.455 e. The quantitative estimate of drug-likeness (QED) is 0.789. The molecule has 0 bridgehead atoms. The normalized spacial score (nSPS) is 10.4. The number of esters is 1. The van der Waals surface area contributed by atoms with Crippen LogP contribution in [0.4, 0.5) is 0 Å². The van der Waals surface area contributed by atoms with E-state index in [1.165, 1.54) is 16.2 Å². The van der Waals surface area contributed by atoms with Gasteiger partial charge >= 0.3 is 5.97 Å². The minimum atomic E-state index is -0.501. The third kappa shape index (κ3) is 3.91. The number of amides is 1. The molecular formula is C14H16N2O4S. The van der Waals surface area contributed by atoms with E-state index in [1.807, 2.05) is 17.5 Å². The van der Waals surface area contributed by atoms with Crippen LogP contribution in [0.3, 0.4) is 0 Å². The molecule has 0 aliphatic carbocycles. The molecule has 1 amide bonds. The van der Waals surface area contributed by atoms with Gasteiger partial charge in [0.1, 0.15) is 5.76 Å². The number of aromatic nitrogens is 1. The average molecular weight is 308 g/mol. The number of carbonyl (C=O) groups excluding carboxylic acids is 2. The summed E-state index contributed by atoms with van der Waals surface area (Å²) in [4.78, 5) is 29.6. The zero-order chi connectivity index (χ0) is 15.4. The van der Waals surface area contributed by atoms with E-state index in [0.717, 1.165) is 4.88 Å². The molecule has 112 valence electrons. The smallest absolute Gasteiger partial charge is 0.312 e. The highest BCUT2D eigenvalue weighted by atomic mass is 32.1. The Morgan fingerprint density at radius 2 is 2.19 bits per heavy atom. The van der Waals surface area contributed by atoms with Crippen LogP contribution in [0.2, 0.25) is 0 Å². The van der Waals surface area contributed by atoms with Gasteiger partial charge in [0.15, 0.2) is 6.61 Å². The second-order valence-corrected chi connectivity index (χ2v) is 5.57. The summed E-state index contributed by atoms with van der Waals surface area (Å²) in [6.07, 6.45) is -0.0125. The van der Waals surface area contributed by atoms with Crippen molar-refractivity contribution in [2.75, 3.05) is 20.7 Å². The first kappa shape index (κ1) is 15.2. The molecule has 2 heterocycles. The monoisotopic (exact) mass is 308 g/mol. The molecule has 7 heteroatoms. The predicted octanol–water partition coefficient (Wildman–Crippen LogP) is 1.89. The van der Waals surface area contributed by atoms with Crippen molar-refractivity contribution in [2.24, 2.45) is 0 Å². The van der Waals surface area contributed by atoms with Gasteiger partial charge in [-0.2, -0.15) is 0 Å². The fourth-order valence-electron chi connectivity index (χ4n) is 1.56. The maximum absolute atomic E-state index is 11.7. The number of nitrogens with zero attached hydrogens (tertiary/aromatic N) is 2. The first-order chi connectivity index (χ1) is 9.97. The molecule has 0 radical (unpaired) electrons. The first-order valence-corrected chi connectivity index (χ1v) is 7.21. The van der Waals surface area contributed by atoms with Crippen LogP contribution < -0.4 is 0 Å². The van der Waals surface area contributed by atoms with Crippen molar-refractivity contribution in [2.45, 2.75) is 13.3 Å². The number of aryl methyl sites for hydroxylation is 1. The van der Waals surface area contributed by atoms with E-state index in [2.05, 4.69) is 4.98 Å². The summed E-state index contributed by atoms with van der Waals surface area (Å²) in [6, 6.07) is 3.80. The van der Waals surface area contributed by atoms with Gasteiger partial charge in [-0.15, -0.1) is 11.3 Å². The number of oxazole rings is 1. The Kier molecular flexibility index (Phi) is 4.74. The van der Waals surface area contributed by atoms with Crippen LogP contribution in [0, 0.1) is 6.92 Å². The van der Waals surface area contributed by atoms with Gasteiger partial charge in [-0.05, 0) is 18.4 Å². The van der Waals surface area contributed by atoms with Gasteiger partial charge in [0.2, 0.25) is 5.89 Å². The summed E-state index contributed by atoms with van der Waals surface area (Å²) in [7, 11) is 3.20. The lowest BCUT2D eigenvalue weighted by Gasteiger charge is -2.09. The van der Waals surface area contributed by atoms with Crippen molar-refractivity contribution in [1.82, 2.24) is 9.88 Å². The largest absolute Gasteiger partial charge is 0.455 e. The van der Waals surface area contributed by atoms with E-state index >= 15 is 0 Å². The number of carbonyl (C=O) groups is 2. The maximum Gasteiger partial charge on any atom is 0.312 e. The molecule has 0 saturated heterocycles. The van der Waals surface area contributed by atoms with Crippen molar-refractivity contribution < 1.29 is 18.7 Å². The summed E-state index contributed by atoms with van der Waals surface area (Å²) in [5, 5.41) is 1.93. The first-order valence-electron chi connectivity index (χ1n) is 6.33. The van der Waals surface area contributed by atoms with Crippen molar-refractivity contribution in [3.8, 4) is 10.8 Å². The summed E-state index contributed by atoms with van der Waals surface area (Å²) in [5.74, 6) is 0.308. The van der Waals surface area contributed by atoms with Gasteiger partial charge in [0, 0.05) is 14.1 Å². The van der Waals surface area contributed by atoms with E-state index in [4.69, 9.17) is 9.15 Å². The molecule has 0 fully saturated rings. The van der Waals surface area contributed by atoms with Gasteiger partial charge in [-0.1, -0.05) is 6.07 Å². The zero-order valence-electron chi connectivity index (χ0n) is 12.1. The minimum absolute atomic E-state index is 0.0125. The molecule has 2 aromatic heterocycles. The Balaban J connectivity index is 1.97. The van der Waals surface area contributed by atoms with Crippen LogP contribution in [-0.2, 0) is 20.7 Å². The summed E-state index contributed by atoms with van der Waals surface area (Å²) in [5.41, 5.74) is 0.528. The number of hydrogen-bond acceptors (Lipinski definition) is 6. The molecular weight excluding hydrogens is 292 g/mol. The van der Waals surface area contributed by atoms with Gasteiger partial charge in [0.05, 0.1) is 17.0 Å². The lowest BCUT2D eigenvalue weighted by atomic mass is 10.3. The second-order valence-electron chi connectivity index (χ2n) is 4.62. The molecule has 0 aliphatic heterocycles. The van der Waals surface area contributed by atoms with Crippen molar-refractivity contribution in [3.05, 3.63) is 29.0 Å². The second kappa shape index (κ2) is 6.53. The fourth-order valence-corrected chi connectivity index (χ4v) is 2.21. The predicted molar refractivity (Wildman–Crippen MR) is 77.9 cm³/mol. The van der Waals surface area contributed by atoms with E-state index < -0.39 is 5.97 Å². The maximum atomic E-state index is 11.7. The molecule has 0 unspecified atom stereocenters. The van der Waals surface area contributed by atoms with E-state index in [0.29, 0.717) is 17.3 Å². The number of hydrogen-bond donors (Lipinski definition) is 0. The number of ether oxygens (including phenoxy) is 1. The molecule has 6 nitrogen and oxygen atoms in total. The Labute approximate surface area is 126 Å². The summed E-state index contributed by atoms with van der Waals surface area (Å²) < 4.78 is 10.5. The molecule has 0 aromatic carbocycles. The molecule has 0 aliphatic rings. The Morgan fingerprint density at radius 3 is 2.81 bits per heavy atom. The van der Waals surface area contributed by atoms with E-state index in [1.54, 1.807) is 21.0 Å². The van der Waals surface area contributed by atoms with Gasteiger partial charge in [-0.3, -0.25) is 9.59 Å². The molecule has 2 rings (SSSR count). The summed E-state index contributed by atoms with van der Waals surface area (Å²) in [6.45, 7) is 1.48. The molecule has 2 aromatic rings. The SMILES string of the molecule is Cc1oc(-c2cccs2)nc1CC(=O)OCC(=O)N(C)C. The van der Waals surface area contributed by atoms with Crippen LogP contribution in [0.1, 0.15) is 11.5 Å². The van der Waals surface area contributed by atoms with Crippen molar-refractivity contribution >= 4 is 23.2 Å². The molecule has 0 atom stereocenters. The number of rotatable bonds is 5. The topological polar surface area (TPSA) is 72.6 Å². The standard InChI is InChI=1S/C14H16N2O4S/c1-9-10(7-13(18)19-8-12(17)16(2)3)15-14(20-9)11-5-4-6-21-11/h4-6H,7-8H2,1-3H3. The molecule has 0 saturated carbocycles. The zero-order valence-corrected chi connectivity index (χ0v) is 12.9. The lowest BCUT2D eigenvalue weighted by Crippen LogP contribution is -2.28. The van der Waals surface area contributed by atoms with Crippen molar-refractivity contribution in [3.63, 3.8) is 0 Å². The average Bonchev–Trinajstić information content (AvgIpc) is 3.06. The highest BCUT2D eigenvalue weighted by Gasteiger charge is 2.17. The van der Waals surface area contributed by atoms with Gasteiger partial charge < -0.3 is 14.1 Å². The lowest BCUT2D eigenvalue weighted by molar-refractivity contribution is -0.150. The number of likely N-dealkylation sites (N-methyl/N-ethyl adjacent to an activating group) is 1. The van der Waals surface area contributed by atoms with Crippen LogP contribution >= 0.6 is 11.3 Å².